The average molecular weight is 366 g/mol. The molecular weight excluding hydrogens is 346 g/mol. The van der Waals surface area contributed by atoms with Crippen LogP contribution in [0.4, 0.5) is 11.5 Å². The van der Waals surface area contributed by atoms with E-state index in [-0.39, 0.29) is 5.91 Å². The molecule has 4 nitrogen and oxygen atoms in total. The predicted molar refractivity (Wildman–Crippen MR) is 107 cm³/mol. The molecule has 0 spiro atoms. The van der Waals surface area contributed by atoms with Crippen molar-refractivity contribution in [2.45, 2.75) is 13.3 Å². The van der Waals surface area contributed by atoms with Crippen LogP contribution in [0, 0.1) is 6.92 Å². The number of carbonyl (C=O) groups is 1. The molecule has 26 heavy (non-hydrogen) atoms. The average Bonchev–Trinajstić information content (AvgIpc) is 2.64. The molecule has 3 rings (SSSR count). The summed E-state index contributed by atoms with van der Waals surface area (Å²) in [5, 5.41) is 6.87. The summed E-state index contributed by atoms with van der Waals surface area (Å²) in [6.45, 7) is 2.71. The summed E-state index contributed by atoms with van der Waals surface area (Å²) in [4.78, 5) is 16.7. The number of carbonyl (C=O) groups excluding carboxylic acids is 1. The second kappa shape index (κ2) is 8.50. The van der Waals surface area contributed by atoms with Crippen LogP contribution in [0.2, 0.25) is 5.02 Å². The third-order valence-electron chi connectivity index (χ3n) is 3.94. The Kier molecular flexibility index (Phi) is 5.87. The van der Waals surface area contributed by atoms with Crippen LogP contribution in [-0.2, 0) is 6.42 Å². The third kappa shape index (κ3) is 5.07. The highest BCUT2D eigenvalue weighted by Crippen LogP contribution is 2.14. The van der Waals surface area contributed by atoms with E-state index < -0.39 is 0 Å². The molecule has 5 heteroatoms. The van der Waals surface area contributed by atoms with Crippen molar-refractivity contribution < 1.29 is 4.79 Å². The molecule has 1 amide bonds. The molecule has 0 saturated carbocycles. The highest BCUT2D eigenvalue weighted by atomic mass is 35.5. The Morgan fingerprint density at radius 2 is 1.88 bits per heavy atom. The first-order valence-corrected chi connectivity index (χ1v) is 8.80. The van der Waals surface area contributed by atoms with Crippen LogP contribution >= 0.6 is 11.6 Å². The minimum Gasteiger partial charge on any atom is -0.370 e. The Bertz CT molecular complexity index is 894. The maximum atomic E-state index is 12.4. The molecule has 2 aromatic carbocycles. The number of aryl methyl sites for hydroxylation is 1. The molecule has 1 heterocycles. The first-order chi connectivity index (χ1) is 12.6. The zero-order chi connectivity index (χ0) is 18.4. The second-order valence-corrected chi connectivity index (χ2v) is 6.49. The standard InChI is InChI=1S/C21H20ClN3O/c1-15-5-7-19(8-6-15)25-21(26)17-10-12-24-20(14-17)23-11-9-16-3-2-4-18(22)13-16/h2-8,10,12-14H,9,11H2,1H3,(H,23,24)(H,25,26). The number of amides is 1. The molecule has 2 N–H and O–H groups in total. The van der Waals surface area contributed by atoms with Crippen molar-refractivity contribution >= 4 is 29.0 Å². The van der Waals surface area contributed by atoms with Crippen LogP contribution in [0.3, 0.4) is 0 Å². The van der Waals surface area contributed by atoms with E-state index >= 15 is 0 Å². The van der Waals surface area contributed by atoms with E-state index in [0.29, 0.717) is 17.9 Å². The number of nitrogens with zero attached hydrogens (tertiary/aromatic N) is 1. The molecule has 0 saturated heterocycles. The molecule has 0 atom stereocenters. The zero-order valence-corrected chi connectivity index (χ0v) is 15.3. The van der Waals surface area contributed by atoms with Crippen molar-refractivity contribution in [1.29, 1.82) is 0 Å². The number of nitrogens with one attached hydrogen (secondary N) is 2. The molecular formula is C21H20ClN3O. The van der Waals surface area contributed by atoms with Crippen LogP contribution in [0.15, 0.2) is 66.9 Å². The number of aromatic nitrogens is 1. The van der Waals surface area contributed by atoms with Crippen molar-refractivity contribution in [3.8, 4) is 0 Å². The summed E-state index contributed by atoms with van der Waals surface area (Å²) in [6.07, 6.45) is 2.45. The fourth-order valence-electron chi connectivity index (χ4n) is 2.54. The van der Waals surface area contributed by atoms with Gasteiger partial charge in [-0.15, -0.1) is 0 Å². The highest BCUT2D eigenvalue weighted by molar-refractivity contribution is 6.30. The molecule has 0 unspecified atom stereocenters. The topological polar surface area (TPSA) is 54.0 Å². The summed E-state index contributed by atoms with van der Waals surface area (Å²) in [5.74, 6) is 0.512. The van der Waals surface area contributed by atoms with E-state index in [1.165, 1.54) is 0 Å². The van der Waals surface area contributed by atoms with Crippen molar-refractivity contribution in [1.82, 2.24) is 4.98 Å². The Morgan fingerprint density at radius 3 is 2.65 bits per heavy atom. The quantitative estimate of drug-likeness (QED) is 0.649. The number of hydrogen-bond donors (Lipinski definition) is 2. The number of pyridine rings is 1. The van der Waals surface area contributed by atoms with E-state index in [2.05, 4.69) is 15.6 Å². The van der Waals surface area contributed by atoms with Gasteiger partial charge in [0.15, 0.2) is 0 Å². The summed E-state index contributed by atoms with van der Waals surface area (Å²) in [5.41, 5.74) is 3.63. The Hall–Kier alpha value is -2.85. The van der Waals surface area contributed by atoms with Gasteiger partial charge in [0.1, 0.15) is 5.82 Å². The van der Waals surface area contributed by atoms with E-state index in [4.69, 9.17) is 11.6 Å². The largest absolute Gasteiger partial charge is 0.370 e. The normalized spacial score (nSPS) is 10.4. The van der Waals surface area contributed by atoms with Gasteiger partial charge in [-0.2, -0.15) is 0 Å². The fraction of sp³-hybridized carbons (Fsp3) is 0.143. The minimum absolute atomic E-state index is 0.158. The first-order valence-electron chi connectivity index (χ1n) is 8.42. The van der Waals surface area contributed by atoms with Crippen LogP contribution in [0.5, 0.6) is 0 Å². The van der Waals surface area contributed by atoms with Gasteiger partial charge in [0.2, 0.25) is 0 Å². The van der Waals surface area contributed by atoms with Gasteiger partial charge in [0, 0.05) is 29.0 Å². The third-order valence-corrected chi connectivity index (χ3v) is 4.18. The molecule has 0 aliphatic carbocycles. The Labute approximate surface area is 158 Å². The monoisotopic (exact) mass is 365 g/mol. The van der Waals surface area contributed by atoms with Crippen molar-refractivity contribution in [3.63, 3.8) is 0 Å². The van der Waals surface area contributed by atoms with Crippen LogP contribution in [-0.4, -0.2) is 17.4 Å². The van der Waals surface area contributed by atoms with Crippen LogP contribution < -0.4 is 10.6 Å². The number of anilines is 2. The summed E-state index contributed by atoms with van der Waals surface area (Å²) >= 11 is 5.99. The lowest BCUT2D eigenvalue weighted by Gasteiger charge is -2.09. The number of rotatable bonds is 6. The van der Waals surface area contributed by atoms with Crippen molar-refractivity contribution in [3.05, 3.63) is 88.6 Å². The van der Waals surface area contributed by atoms with Gasteiger partial charge in [0.25, 0.3) is 5.91 Å². The summed E-state index contributed by atoms with van der Waals surface area (Å²) in [6, 6.07) is 18.9. The Balaban J connectivity index is 1.58. The van der Waals surface area contributed by atoms with Crippen LogP contribution in [0.25, 0.3) is 0 Å². The van der Waals surface area contributed by atoms with Gasteiger partial charge in [-0.1, -0.05) is 41.4 Å². The lowest BCUT2D eigenvalue weighted by Crippen LogP contribution is -2.13. The van der Waals surface area contributed by atoms with Gasteiger partial charge in [-0.05, 0) is 55.3 Å². The van der Waals surface area contributed by atoms with E-state index in [0.717, 1.165) is 28.3 Å². The summed E-state index contributed by atoms with van der Waals surface area (Å²) in [7, 11) is 0. The minimum atomic E-state index is -0.158. The van der Waals surface area contributed by atoms with Gasteiger partial charge in [-0.25, -0.2) is 4.98 Å². The first kappa shape index (κ1) is 18.0. The van der Waals surface area contributed by atoms with Gasteiger partial charge >= 0.3 is 0 Å². The maximum Gasteiger partial charge on any atom is 0.255 e. The molecule has 132 valence electrons. The zero-order valence-electron chi connectivity index (χ0n) is 14.5. The number of hydrogen-bond acceptors (Lipinski definition) is 3. The maximum absolute atomic E-state index is 12.4. The molecule has 0 fully saturated rings. The smallest absolute Gasteiger partial charge is 0.255 e. The molecule has 1 aromatic heterocycles. The number of benzene rings is 2. The van der Waals surface area contributed by atoms with Crippen molar-refractivity contribution in [2.75, 3.05) is 17.2 Å². The summed E-state index contributed by atoms with van der Waals surface area (Å²) < 4.78 is 0. The van der Waals surface area contributed by atoms with E-state index in [1.54, 1.807) is 18.3 Å². The van der Waals surface area contributed by atoms with Crippen LogP contribution in [0.1, 0.15) is 21.5 Å². The number of halogens is 1. The van der Waals surface area contributed by atoms with E-state index in [9.17, 15) is 4.79 Å². The molecule has 0 bridgehead atoms. The predicted octanol–water partition coefficient (Wildman–Crippen LogP) is 4.95. The molecule has 0 aliphatic heterocycles. The highest BCUT2D eigenvalue weighted by Gasteiger charge is 2.07. The van der Waals surface area contributed by atoms with Gasteiger partial charge in [-0.3, -0.25) is 4.79 Å². The van der Waals surface area contributed by atoms with E-state index in [1.807, 2.05) is 55.5 Å². The molecule has 0 aliphatic rings. The SMILES string of the molecule is Cc1ccc(NC(=O)c2ccnc(NCCc3cccc(Cl)c3)c2)cc1. The van der Waals surface area contributed by atoms with Crippen molar-refractivity contribution in [2.24, 2.45) is 0 Å². The molecule has 0 radical (unpaired) electrons. The molecule has 3 aromatic rings. The second-order valence-electron chi connectivity index (χ2n) is 6.06. The lowest BCUT2D eigenvalue weighted by atomic mass is 10.1. The van der Waals surface area contributed by atoms with Gasteiger partial charge < -0.3 is 10.6 Å². The van der Waals surface area contributed by atoms with Gasteiger partial charge in [0.05, 0.1) is 0 Å². The fourth-order valence-corrected chi connectivity index (χ4v) is 2.75. The lowest BCUT2D eigenvalue weighted by molar-refractivity contribution is 0.102. The Morgan fingerprint density at radius 1 is 1.08 bits per heavy atom.